The van der Waals surface area contributed by atoms with E-state index in [-0.39, 0.29) is 23.1 Å². The highest BCUT2D eigenvalue weighted by atomic mass is 35.5. The molecule has 0 bridgehead atoms. The van der Waals surface area contributed by atoms with Crippen molar-refractivity contribution < 1.29 is 17.6 Å². The molecule has 0 atom stereocenters. The van der Waals surface area contributed by atoms with Gasteiger partial charge in [-0.15, -0.1) is 0 Å². The lowest BCUT2D eigenvalue weighted by Crippen LogP contribution is -2.40. The van der Waals surface area contributed by atoms with Gasteiger partial charge in [0, 0.05) is 12.7 Å². The maximum Gasteiger partial charge on any atom is 0.245 e. The molecule has 0 fully saturated rings. The molecular formula is C19H18ClN3O4S. The Bertz CT molecular complexity index is 1010. The van der Waals surface area contributed by atoms with Gasteiger partial charge in [-0.25, -0.2) is 13.4 Å². The van der Waals surface area contributed by atoms with E-state index in [1.807, 2.05) is 30.3 Å². The number of hydrogen-bond acceptors (Lipinski definition) is 5. The Balaban J connectivity index is 1.76. The molecule has 146 valence electrons. The first-order valence-electron chi connectivity index (χ1n) is 8.40. The molecular weight excluding hydrogens is 402 g/mol. The summed E-state index contributed by atoms with van der Waals surface area (Å²) >= 11 is 5.74. The van der Waals surface area contributed by atoms with Crippen LogP contribution in [0, 0.1) is 0 Å². The van der Waals surface area contributed by atoms with Gasteiger partial charge in [0.2, 0.25) is 15.9 Å². The standard InChI is InChI=1S/C19H18ClN3O4S/c20-18-9-8-17(12-21-18)28(25,26)23(13-16-7-4-10-27-16)14-19(24)22-11-15-5-2-1-3-6-15/h1-10,12H,11,13-14H2,(H,22,24). The van der Waals surface area contributed by atoms with E-state index >= 15 is 0 Å². The molecule has 0 aliphatic rings. The third kappa shape index (κ3) is 5.19. The number of aromatic nitrogens is 1. The van der Waals surface area contributed by atoms with Gasteiger partial charge in [-0.1, -0.05) is 41.9 Å². The Hall–Kier alpha value is -2.68. The number of nitrogens with zero attached hydrogens (tertiary/aromatic N) is 2. The lowest BCUT2D eigenvalue weighted by Gasteiger charge is -2.20. The van der Waals surface area contributed by atoms with Crippen molar-refractivity contribution in [2.45, 2.75) is 18.0 Å². The Morgan fingerprint density at radius 3 is 2.54 bits per heavy atom. The fraction of sp³-hybridized carbons (Fsp3) is 0.158. The molecule has 0 unspecified atom stereocenters. The maximum absolute atomic E-state index is 13.0. The zero-order valence-corrected chi connectivity index (χ0v) is 16.4. The number of amides is 1. The Morgan fingerprint density at radius 2 is 1.89 bits per heavy atom. The maximum atomic E-state index is 13.0. The van der Waals surface area contributed by atoms with Crippen molar-refractivity contribution in [2.24, 2.45) is 0 Å². The molecule has 0 spiro atoms. The number of nitrogens with one attached hydrogen (secondary N) is 1. The molecule has 0 aliphatic heterocycles. The molecule has 2 aromatic heterocycles. The summed E-state index contributed by atoms with van der Waals surface area (Å²) in [6.07, 6.45) is 2.61. The fourth-order valence-electron chi connectivity index (χ4n) is 2.48. The normalized spacial score (nSPS) is 11.5. The minimum atomic E-state index is -3.98. The Kier molecular flexibility index (Phi) is 6.45. The third-order valence-corrected chi connectivity index (χ3v) is 5.90. The number of sulfonamides is 1. The molecule has 2 heterocycles. The quantitative estimate of drug-likeness (QED) is 0.567. The number of furan rings is 1. The van der Waals surface area contributed by atoms with E-state index < -0.39 is 15.9 Å². The van der Waals surface area contributed by atoms with Gasteiger partial charge < -0.3 is 9.73 Å². The number of rotatable bonds is 8. The number of halogens is 1. The van der Waals surface area contributed by atoms with E-state index in [0.717, 1.165) is 16.1 Å². The molecule has 1 N–H and O–H groups in total. The second kappa shape index (κ2) is 9.01. The monoisotopic (exact) mass is 419 g/mol. The van der Waals surface area contributed by atoms with Crippen LogP contribution in [0.5, 0.6) is 0 Å². The zero-order chi connectivity index (χ0) is 20.0. The van der Waals surface area contributed by atoms with Crippen molar-refractivity contribution in [2.75, 3.05) is 6.54 Å². The number of pyridine rings is 1. The molecule has 9 heteroatoms. The topological polar surface area (TPSA) is 92.5 Å². The van der Waals surface area contributed by atoms with Crippen molar-refractivity contribution >= 4 is 27.5 Å². The smallest absolute Gasteiger partial charge is 0.245 e. The summed E-state index contributed by atoms with van der Waals surface area (Å²) < 4.78 is 32.3. The molecule has 0 saturated heterocycles. The van der Waals surface area contributed by atoms with Gasteiger partial charge in [0.25, 0.3) is 0 Å². The SMILES string of the molecule is O=C(CN(Cc1ccco1)S(=O)(=O)c1ccc(Cl)nc1)NCc1ccccc1. The van der Waals surface area contributed by atoms with Gasteiger partial charge in [0.05, 0.1) is 19.4 Å². The zero-order valence-electron chi connectivity index (χ0n) is 14.8. The number of hydrogen-bond donors (Lipinski definition) is 1. The minimum Gasteiger partial charge on any atom is -0.468 e. The van der Waals surface area contributed by atoms with Crippen LogP contribution in [-0.2, 0) is 27.9 Å². The van der Waals surface area contributed by atoms with E-state index in [2.05, 4.69) is 10.3 Å². The molecule has 1 amide bonds. The second-order valence-corrected chi connectivity index (χ2v) is 8.26. The highest BCUT2D eigenvalue weighted by Gasteiger charge is 2.28. The molecule has 0 aliphatic carbocycles. The Labute approximate surface area is 168 Å². The van der Waals surface area contributed by atoms with Crippen LogP contribution in [0.3, 0.4) is 0 Å². The van der Waals surface area contributed by atoms with Crippen molar-refractivity contribution in [3.63, 3.8) is 0 Å². The average molecular weight is 420 g/mol. The van der Waals surface area contributed by atoms with Gasteiger partial charge in [-0.2, -0.15) is 4.31 Å². The minimum absolute atomic E-state index is 0.0562. The van der Waals surface area contributed by atoms with Gasteiger partial charge in [-0.05, 0) is 29.8 Å². The molecule has 7 nitrogen and oxygen atoms in total. The number of benzene rings is 1. The first-order chi connectivity index (χ1) is 13.4. The average Bonchev–Trinajstić information content (AvgIpc) is 3.20. The summed E-state index contributed by atoms with van der Waals surface area (Å²) in [6, 6.07) is 15.4. The molecule has 28 heavy (non-hydrogen) atoms. The fourth-order valence-corrected chi connectivity index (χ4v) is 3.90. The molecule has 0 radical (unpaired) electrons. The first kappa shape index (κ1) is 20.1. The lowest BCUT2D eigenvalue weighted by atomic mass is 10.2. The molecule has 3 aromatic rings. The van der Waals surface area contributed by atoms with E-state index in [9.17, 15) is 13.2 Å². The first-order valence-corrected chi connectivity index (χ1v) is 10.2. The summed E-state index contributed by atoms with van der Waals surface area (Å²) in [5.41, 5.74) is 0.915. The van der Waals surface area contributed by atoms with E-state index in [1.165, 1.54) is 18.4 Å². The van der Waals surface area contributed by atoms with Crippen LogP contribution in [0.1, 0.15) is 11.3 Å². The molecule has 3 rings (SSSR count). The highest BCUT2D eigenvalue weighted by Crippen LogP contribution is 2.19. The van der Waals surface area contributed by atoms with E-state index in [1.54, 1.807) is 12.1 Å². The number of carbonyl (C=O) groups excluding carboxylic acids is 1. The van der Waals surface area contributed by atoms with Crippen molar-refractivity contribution in [1.82, 2.24) is 14.6 Å². The van der Waals surface area contributed by atoms with E-state index in [4.69, 9.17) is 16.0 Å². The summed E-state index contributed by atoms with van der Waals surface area (Å²) in [5.74, 6) is -0.0118. The van der Waals surface area contributed by atoms with Crippen LogP contribution >= 0.6 is 11.6 Å². The summed E-state index contributed by atoms with van der Waals surface area (Å²) in [7, 11) is -3.98. The predicted molar refractivity (Wildman–Crippen MR) is 104 cm³/mol. The van der Waals surface area contributed by atoms with Crippen LogP contribution in [-0.4, -0.2) is 30.2 Å². The lowest BCUT2D eigenvalue weighted by molar-refractivity contribution is -0.121. The van der Waals surface area contributed by atoms with Crippen molar-refractivity contribution in [1.29, 1.82) is 0 Å². The Morgan fingerprint density at radius 1 is 1.11 bits per heavy atom. The van der Waals surface area contributed by atoms with Gasteiger partial charge >= 0.3 is 0 Å². The van der Waals surface area contributed by atoms with Crippen molar-refractivity contribution in [3.8, 4) is 0 Å². The van der Waals surface area contributed by atoms with Crippen molar-refractivity contribution in [3.05, 3.63) is 83.5 Å². The molecule has 0 saturated carbocycles. The van der Waals surface area contributed by atoms with Gasteiger partial charge in [-0.3, -0.25) is 4.79 Å². The van der Waals surface area contributed by atoms with E-state index in [0.29, 0.717) is 12.3 Å². The van der Waals surface area contributed by atoms with Gasteiger partial charge in [0.1, 0.15) is 15.8 Å². The van der Waals surface area contributed by atoms with Gasteiger partial charge in [0.15, 0.2) is 0 Å². The van der Waals surface area contributed by atoms with Crippen LogP contribution in [0.4, 0.5) is 0 Å². The molecule has 1 aromatic carbocycles. The highest BCUT2D eigenvalue weighted by molar-refractivity contribution is 7.89. The summed E-state index contributed by atoms with van der Waals surface area (Å²) in [5, 5.41) is 2.91. The van der Waals surface area contributed by atoms with Crippen LogP contribution < -0.4 is 5.32 Å². The summed E-state index contributed by atoms with van der Waals surface area (Å²) in [6.45, 7) is -0.147. The third-order valence-electron chi connectivity index (χ3n) is 3.90. The van der Waals surface area contributed by atoms with Crippen LogP contribution in [0.25, 0.3) is 0 Å². The summed E-state index contributed by atoms with van der Waals surface area (Å²) in [4.78, 5) is 16.2. The second-order valence-electron chi connectivity index (χ2n) is 5.93. The van der Waals surface area contributed by atoms with Crippen LogP contribution in [0.15, 0.2) is 76.4 Å². The largest absolute Gasteiger partial charge is 0.468 e. The number of carbonyl (C=O) groups is 1. The predicted octanol–water partition coefficient (Wildman–Crippen LogP) is 2.84. The van der Waals surface area contributed by atoms with Crippen LogP contribution in [0.2, 0.25) is 5.15 Å².